The topological polar surface area (TPSA) is 40.1 Å². The van der Waals surface area contributed by atoms with Gasteiger partial charge in [0.05, 0.1) is 12.7 Å². The summed E-state index contributed by atoms with van der Waals surface area (Å²) in [4.78, 5) is 9.15. The maximum Gasteiger partial charge on any atom is 0.193 e. The lowest BCUT2D eigenvalue weighted by Crippen LogP contribution is -2.52. The smallest absolute Gasteiger partial charge is 0.193 e. The first-order chi connectivity index (χ1) is 9.72. The van der Waals surface area contributed by atoms with Crippen molar-refractivity contribution in [3.8, 4) is 0 Å². The molecule has 2 saturated heterocycles. The van der Waals surface area contributed by atoms with E-state index in [2.05, 4.69) is 45.8 Å². The molecule has 2 heterocycles. The number of thioether (sulfide) groups is 1. The first kappa shape index (κ1) is 15.9. The van der Waals surface area contributed by atoms with Crippen molar-refractivity contribution >= 4 is 17.7 Å². The summed E-state index contributed by atoms with van der Waals surface area (Å²) in [7, 11) is 4.02. The summed E-state index contributed by atoms with van der Waals surface area (Å²) in [6.45, 7) is 8.17. The molecule has 0 bridgehead atoms. The van der Waals surface area contributed by atoms with Crippen molar-refractivity contribution < 1.29 is 4.74 Å². The van der Waals surface area contributed by atoms with Crippen LogP contribution in [0.15, 0.2) is 4.99 Å². The molecule has 0 aromatic rings. The molecule has 0 amide bonds. The third kappa shape index (κ3) is 4.53. The maximum atomic E-state index is 5.79. The third-order valence-electron chi connectivity index (χ3n) is 3.94. The van der Waals surface area contributed by atoms with E-state index in [1.54, 1.807) is 0 Å². The number of morpholine rings is 1. The normalized spacial score (nSPS) is 29.6. The highest BCUT2D eigenvalue weighted by Gasteiger charge is 2.23. The summed E-state index contributed by atoms with van der Waals surface area (Å²) in [5.74, 6) is 2.22. The van der Waals surface area contributed by atoms with Gasteiger partial charge < -0.3 is 19.9 Å². The van der Waals surface area contributed by atoms with Crippen molar-refractivity contribution in [3.05, 3.63) is 0 Å². The zero-order chi connectivity index (χ0) is 14.4. The Balaban J connectivity index is 1.80. The molecule has 2 aliphatic rings. The van der Waals surface area contributed by atoms with Gasteiger partial charge in [-0.25, -0.2) is 0 Å². The van der Waals surface area contributed by atoms with Crippen molar-refractivity contribution in [1.29, 1.82) is 0 Å². The molecule has 2 atom stereocenters. The van der Waals surface area contributed by atoms with Crippen LogP contribution in [0.2, 0.25) is 0 Å². The molecule has 6 heteroatoms. The lowest BCUT2D eigenvalue weighted by Gasteiger charge is -2.35. The van der Waals surface area contributed by atoms with Crippen LogP contribution in [-0.2, 0) is 4.74 Å². The number of nitrogens with one attached hydrogen (secondary N) is 1. The largest absolute Gasteiger partial charge is 0.374 e. The molecule has 0 spiro atoms. The first-order valence-electron chi connectivity index (χ1n) is 7.60. The molecule has 2 fully saturated rings. The number of ether oxygens (including phenoxy) is 1. The van der Waals surface area contributed by atoms with E-state index in [1.165, 1.54) is 12.2 Å². The van der Waals surface area contributed by atoms with Crippen LogP contribution in [0.25, 0.3) is 0 Å². The summed E-state index contributed by atoms with van der Waals surface area (Å²) < 4.78 is 5.79. The summed E-state index contributed by atoms with van der Waals surface area (Å²) >= 11 is 2.09. The van der Waals surface area contributed by atoms with Crippen molar-refractivity contribution in [2.45, 2.75) is 24.7 Å². The Hall–Kier alpha value is -0.460. The first-order valence-corrected chi connectivity index (χ1v) is 8.65. The fraction of sp³-hybridized carbons (Fsp3) is 0.929. The van der Waals surface area contributed by atoms with Gasteiger partial charge in [0.25, 0.3) is 0 Å². The third-order valence-corrected chi connectivity index (χ3v) is 5.31. The van der Waals surface area contributed by atoms with Gasteiger partial charge >= 0.3 is 0 Å². The van der Waals surface area contributed by atoms with Crippen LogP contribution in [-0.4, -0.2) is 86.3 Å². The molecule has 2 unspecified atom stereocenters. The second-order valence-corrected chi connectivity index (χ2v) is 6.94. The zero-order valence-electron chi connectivity index (χ0n) is 13.0. The molecule has 0 aromatic heterocycles. The van der Waals surface area contributed by atoms with Crippen LogP contribution in [0, 0.1) is 0 Å². The van der Waals surface area contributed by atoms with Crippen molar-refractivity contribution in [2.75, 3.05) is 59.2 Å². The Kier molecular flexibility index (Phi) is 6.45. The van der Waals surface area contributed by atoms with Gasteiger partial charge in [0.2, 0.25) is 0 Å². The number of aliphatic imine (C=N–C) groups is 1. The van der Waals surface area contributed by atoms with Crippen molar-refractivity contribution in [2.24, 2.45) is 4.99 Å². The van der Waals surface area contributed by atoms with Gasteiger partial charge in [0.15, 0.2) is 5.96 Å². The minimum absolute atomic E-state index is 0.270. The molecule has 5 nitrogen and oxygen atoms in total. The van der Waals surface area contributed by atoms with Gasteiger partial charge in [-0.3, -0.25) is 4.99 Å². The van der Waals surface area contributed by atoms with Gasteiger partial charge in [-0.1, -0.05) is 6.92 Å². The zero-order valence-corrected chi connectivity index (χ0v) is 13.8. The highest BCUT2D eigenvalue weighted by atomic mass is 32.2. The molecule has 0 aliphatic carbocycles. The van der Waals surface area contributed by atoms with Crippen LogP contribution in [0.4, 0.5) is 0 Å². The molecule has 2 aliphatic heterocycles. The lowest BCUT2D eigenvalue weighted by molar-refractivity contribution is -0.0163. The lowest BCUT2D eigenvalue weighted by atomic mass is 10.3. The molecule has 20 heavy (non-hydrogen) atoms. The number of nitrogens with zero attached hydrogens (tertiary/aromatic N) is 3. The van der Waals surface area contributed by atoms with E-state index in [4.69, 9.17) is 4.74 Å². The number of hydrogen-bond acceptors (Lipinski definition) is 4. The van der Waals surface area contributed by atoms with E-state index >= 15 is 0 Å². The van der Waals surface area contributed by atoms with Gasteiger partial charge in [0.1, 0.15) is 0 Å². The molecule has 116 valence electrons. The summed E-state index contributed by atoms with van der Waals surface area (Å²) in [6, 6.07) is 0. The Morgan fingerprint density at radius 3 is 2.95 bits per heavy atom. The van der Waals surface area contributed by atoms with Crippen molar-refractivity contribution in [1.82, 2.24) is 15.1 Å². The van der Waals surface area contributed by atoms with Gasteiger partial charge in [-0.15, -0.1) is 0 Å². The Labute approximate surface area is 127 Å². The molecule has 1 N–H and O–H groups in total. The van der Waals surface area contributed by atoms with Gasteiger partial charge in [0, 0.05) is 50.8 Å². The summed E-state index contributed by atoms with van der Waals surface area (Å²) in [6.07, 6.45) is 1.50. The predicted octanol–water partition coefficient (Wildman–Crippen LogP) is 0.720. The maximum absolute atomic E-state index is 5.79. The highest BCUT2D eigenvalue weighted by Crippen LogP contribution is 2.21. The minimum Gasteiger partial charge on any atom is -0.374 e. The van der Waals surface area contributed by atoms with Crippen LogP contribution in [0.5, 0.6) is 0 Å². The molecule has 2 rings (SSSR count). The number of hydrogen-bond donors (Lipinski definition) is 1. The SMILES string of the molecule is CCC1CN(C(=NC)NCC2CN(C)CCO2)CCS1. The quantitative estimate of drug-likeness (QED) is 0.614. The molecular formula is C14H28N4OS. The van der Waals surface area contributed by atoms with E-state index in [9.17, 15) is 0 Å². The fourth-order valence-corrected chi connectivity index (χ4v) is 3.87. The van der Waals surface area contributed by atoms with E-state index in [0.717, 1.165) is 50.5 Å². The number of guanidine groups is 1. The summed E-state index contributed by atoms with van der Waals surface area (Å²) in [5.41, 5.74) is 0. The molecular weight excluding hydrogens is 272 g/mol. The molecule has 0 aromatic carbocycles. The van der Waals surface area contributed by atoms with Crippen LogP contribution >= 0.6 is 11.8 Å². The standard InChI is InChI=1S/C14H28N4OS/c1-4-13-11-18(6-8-20-13)14(15-2)16-9-12-10-17(3)5-7-19-12/h12-13H,4-11H2,1-3H3,(H,15,16). The second kappa shape index (κ2) is 8.10. The monoisotopic (exact) mass is 300 g/mol. The van der Waals surface area contributed by atoms with Crippen molar-refractivity contribution in [3.63, 3.8) is 0 Å². The highest BCUT2D eigenvalue weighted by molar-refractivity contribution is 8.00. The predicted molar refractivity (Wildman–Crippen MR) is 86.7 cm³/mol. The fourth-order valence-electron chi connectivity index (χ4n) is 2.69. The van der Waals surface area contributed by atoms with Crippen LogP contribution < -0.4 is 5.32 Å². The van der Waals surface area contributed by atoms with E-state index in [-0.39, 0.29) is 6.10 Å². The Bertz CT molecular complexity index is 326. The van der Waals surface area contributed by atoms with Gasteiger partial charge in [-0.2, -0.15) is 11.8 Å². The average molecular weight is 300 g/mol. The number of likely N-dealkylation sites (N-methyl/N-ethyl adjacent to an activating group) is 1. The Morgan fingerprint density at radius 2 is 2.25 bits per heavy atom. The molecule has 0 saturated carbocycles. The van der Waals surface area contributed by atoms with Gasteiger partial charge in [-0.05, 0) is 13.5 Å². The van der Waals surface area contributed by atoms with Crippen LogP contribution in [0.1, 0.15) is 13.3 Å². The average Bonchev–Trinajstić information content (AvgIpc) is 2.48. The molecule has 0 radical (unpaired) electrons. The summed E-state index contributed by atoms with van der Waals surface area (Å²) in [5, 5.41) is 4.22. The second-order valence-electron chi connectivity index (χ2n) is 5.53. The van der Waals surface area contributed by atoms with Crippen LogP contribution in [0.3, 0.4) is 0 Å². The van der Waals surface area contributed by atoms with E-state index in [0.29, 0.717) is 0 Å². The minimum atomic E-state index is 0.270. The number of rotatable bonds is 3. The Morgan fingerprint density at radius 1 is 1.40 bits per heavy atom. The van der Waals surface area contributed by atoms with E-state index in [1.807, 2.05) is 7.05 Å². The van der Waals surface area contributed by atoms with E-state index < -0.39 is 0 Å².